The summed E-state index contributed by atoms with van der Waals surface area (Å²) in [6.07, 6.45) is 0. The van der Waals surface area contributed by atoms with Crippen molar-refractivity contribution in [3.63, 3.8) is 0 Å². The van der Waals surface area contributed by atoms with E-state index in [-0.39, 0.29) is 29.3 Å². The van der Waals surface area contributed by atoms with Gasteiger partial charge in [-0.1, -0.05) is 0 Å². The Labute approximate surface area is 118 Å². The third kappa shape index (κ3) is 3.47. The number of benzene rings is 1. The van der Waals surface area contributed by atoms with Gasteiger partial charge in [0.15, 0.2) is 0 Å². The third-order valence-electron chi connectivity index (χ3n) is 2.73. The predicted molar refractivity (Wildman–Crippen MR) is 73.9 cm³/mol. The SMILES string of the molecule is COCCN(C)S(=O)(=O)c1ccc(C(=O)OC)cc1N. The highest BCUT2D eigenvalue weighted by Gasteiger charge is 2.23. The van der Waals surface area contributed by atoms with E-state index in [0.717, 1.165) is 4.31 Å². The Morgan fingerprint density at radius 2 is 2.00 bits per heavy atom. The Morgan fingerprint density at radius 3 is 2.50 bits per heavy atom. The Bertz CT molecular complexity index is 586. The number of nitrogens with zero attached hydrogens (tertiary/aromatic N) is 1. The van der Waals surface area contributed by atoms with Crippen molar-refractivity contribution in [3.8, 4) is 0 Å². The molecule has 0 atom stereocenters. The molecule has 0 fully saturated rings. The van der Waals surface area contributed by atoms with E-state index in [9.17, 15) is 13.2 Å². The second kappa shape index (κ2) is 6.69. The number of hydrogen-bond acceptors (Lipinski definition) is 6. The molecule has 0 aliphatic carbocycles. The largest absolute Gasteiger partial charge is 0.465 e. The van der Waals surface area contributed by atoms with E-state index >= 15 is 0 Å². The molecule has 0 aromatic heterocycles. The Balaban J connectivity index is 3.10. The molecule has 0 amide bonds. The summed E-state index contributed by atoms with van der Waals surface area (Å²) in [4.78, 5) is 11.3. The zero-order valence-corrected chi connectivity index (χ0v) is 12.4. The number of carbonyl (C=O) groups excluding carboxylic acids is 1. The highest BCUT2D eigenvalue weighted by molar-refractivity contribution is 7.89. The van der Waals surface area contributed by atoms with Crippen LogP contribution in [-0.2, 0) is 19.5 Å². The molecule has 0 aliphatic rings. The van der Waals surface area contributed by atoms with Gasteiger partial charge in [0.1, 0.15) is 4.90 Å². The van der Waals surface area contributed by atoms with Gasteiger partial charge in [-0.3, -0.25) is 0 Å². The number of nitrogens with two attached hydrogens (primary N) is 1. The van der Waals surface area contributed by atoms with E-state index in [4.69, 9.17) is 10.5 Å². The first-order chi connectivity index (χ1) is 9.34. The van der Waals surface area contributed by atoms with Gasteiger partial charge in [-0.15, -0.1) is 0 Å². The van der Waals surface area contributed by atoms with Crippen LogP contribution in [-0.4, -0.2) is 53.1 Å². The fourth-order valence-corrected chi connectivity index (χ4v) is 2.78. The van der Waals surface area contributed by atoms with Crippen molar-refractivity contribution in [1.29, 1.82) is 0 Å². The lowest BCUT2D eigenvalue weighted by Gasteiger charge is -2.18. The van der Waals surface area contributed by atoms with Crippen LogP contribution in [0.3, 0.4) is 0 Å². The fraction of sp³-hybridized carbons (Fsp3) is 0.417. The fourth-order valence-electron chi connectivity index (χ4n) is 1.54. The van der Waals surface area contributed by atoms with Gasteiger partial charge in [0.25, 0.3) is 0 Å². The molecule has 0 unspecified atom stereocenters. The van der Waals surface area contributed by atoms with Gasteiger partial charge in [0.05, 0.1) is 25.0 Å². The van der Waals surface area contributed by atoms with Crippen LogP contribution in [0.2, 0.25) is 0 Å². The number of carbonyl (C=O) groups is 1. The van der Waals surface area contributed by atoms with Crippen molar-refractivity contribution >= 4 is 21.7 Å². The van der Waals surface area contributed by atoms with Crippen molar-refractivity contribution in [2.24, 2.45) is 0 Å². The number of hydrogen-bond donors (Lipinski definition) is 1. The lowest BCUT2D eigenvalue weighted by molar-refractivity contribution is 0.0600. The summed E-state index contributed by atoms with van der Waals surface area (Å²) in [6, 6.07) is 3.93. The first-order valence-corrected chi connectivity index (χ1v) is 7.21. The number of methoxy groups -OCH3 is 2. The van der Waals surface area contributed by atoms with Crippen molar-refractivity contribution in [2.45, 2.75) is 4.90 Å². The predicted octanol–water partition coefficient (Wildman–Crippen LogP) is 0.322. The zero-order chi connectivity index (χ0) is 15.3. The maximum Gasteiger partial charge on any atom is 0.337 e. The molecule has 0 aliphatic heterocycles. The normalized spacial score (nSPS) is 11.6. The summed E-state index contributed by atoms with van der Waals surface area (Å²) >= 11 is 0. The molecule has 1 aromatic carbocycles. The highest BCUT2D eigenvalue weighted by Crippen LogP contribution is 2.23. The Kier molecular flexibility index (Phi) is 5.49. The highest BCUT2D eigenvalue weighted by atomic mass is 32.2. The number of rotatable bonds is 6. The number of anilines is 1. The second-order valence-electron chi connectivity index (χ2n) is 4.06. The molecular formula is C12H18N2O5S. The van der Waals surface area contributed by atoms with Gasteiger partial charge in [-0.2, -0.15) is 4.31 Å². The molecule has 7 nitrogen and oxygen atoms in total. The first-order valence-electron chi connectivity index (χ1n) is 5.77. The van der Waals surface area contributed by atoms with Gasteiger partial charge < -0.3 is 15.2 Å². The number of nitrogen functional groups attached to an aromatic ring is 1. The minimum absolute atomic E-state index is 0.00262. The van der Waals surface area contributed by atoms with Crippen molar-refractivity contribution in [1.82, 2.24) is 4.31 Å². The molecule has 20 heavy (non-hydrogen) atoms. The van der Waals surface area contributed by atoms with Crippen LogP contribution in [0.25, 0.3) is 0 Å². The molecule has 0 saturated carbocycles. The van der Waals surface area contributed by atoms with Gasteiger partial charge >= 0.3 is 5.97 Å². The van der Waals surface area contributed by atoms with Gasteiger partial charge in [0.2, 0.25) is 10.0 Å². The summed E-state index contributed by atoms with van der Waals surface area (Å²) < 4.78 is 35.1. The number of esters is 1. The summed E-state index contributed by atoms with van der Waals surface area (Å²) in [7, 11) is 0.442. The Hall–Kier alpha value is -1.64. The number of likely N-dealkylation sites (N-methyl/N-ethyl adjacent to an activating group) is 1. The maximum atomic E-state index is 12.3. The van der Waals surface area contributed by atoms with Crippen molar-refractivity contribution in [2.75, 3.05) is 40.2 Å². The summed E-state index contributed by atoms with van der Waals surface area (Å²) in [5.74, 6) is -0.576. The van der Waals surface area contributed by atoms with E-state index in [0.29, 0.717) is 0 Å². The second-order valence-corrected chi connectivity index (χ2v) is 6.08. The third-order valence-corrected chi connectivity index (χ3v) is 4.66. The first kappa shape index (κ1) is 16.4. The lowest BCUT2D eigenvalue weighted by Crippen LogP contribution is -2.30. The van der Waals surface area contributed by atoms with Crippen molar-refractivity contribution < 1.29 is 22.7 Å². The maximum absolute atomic E-state index is 12.3. The van der Waals surface area contributed by atoms with Gasteiger partial charge in [-0.25, -0.2) is 13.2 Å². The summed E-state index contributed by atoms with van der Waals surface area (Å²) in [5, 5.41) is 0. The minimum atomic E-state index is -3.71. The summed E-state index contributed by atoms with van der Waals surface area (Å²) in [5.41, 5.74) is 5.92. The van der Waals surface area contributed by atoms with Crippen LogP contribution >= 0.6 is 0 Å². The van der Waals surface area contributed by atoms with Gasteiger partial charge in [-0.05, 0) is 18.2 Å². The standard InChI is InChI=1S/C12H18N2O5S/c1-14(6-7-18-2)20(16,17)11-5-4-9(8-10(11)13)12(15)19-3/h4-5,8H,6-7,13H2,1-3H3. The van der Waals surface area contributed by atoms with E-state index < -0.39 is 16.0 Å². The average molecular weight is 302 g/mol. The molecule has 0 heterocycles. The molecule has 1 rings (SSSR count). The molecule has 112 valence electrons. The van der Waals surface area contributed by atoms with E-state index in [1.807, 2.05) is 0 Å². The molecule has 1 aromatic rings. The molecular weight excluding hydrogens is 284 g/mol. The van der Waals surface area contributed by atoms with E-state index in [2.05, 4.69) is 4.74 Å². The average Bonchev–Trinajstić information content (AvgIpc) is 2.43. The van der Waals surface area contributed by atoms with E-state index in [1.165, 1.54) is 39.5 Å². The molecule has 0 spiro atoms. The van der Waals surface area contributed by atoms with Crippen LogP contribution in [0.5, 0.6) is 0 Å². The van der Waals surface area contributed by atoms with Gasteiger partial charge in [0, 0.05) is 20.7 Å². The molecule has 8 heteroatoms. The topological polar surface area (TPSA) is 98.9 Å². The molecule has 0 radical (unpaired) electrons. The monoisotopic (exact) mass is 302 g/mol. The molecule has 0 saturated heterocycles. The number of ether oxygens (including phenoxy) is 2. The van der Waals surface area contributed by atoms with Crippen LogP contribution in [0, 0.1) is 0 Å². The minimum Gasteiger partial charge on any atom is -0.465 e. The van der Waals surface area contributed by atoms with Crippen LogP contribution in [0.1, 0.15) is 10.4 Å². The lowest BCUT2D eigenvalue weighted by atomic mass is 10.2. The van der Waals surface area contributed by atoms with E-state index in [1.54, 1.807) is 0 Å². The molecule has 2 N–H and O–H groups in total. The smallest absolute Gasteiger partial charge is 0.337 e. The molecule has 0 bridgehead atoms. The number of sulfonamides is 1. The van der Waals surface area contributed by atoms with Crippen LogP contribution < -0.4 is 5.73 Å². The zero-order valence-electron chi connectivity index (χ0n) is 11.6. The van der Waals surface area contributed by atoms with Crippen LogP contribution in [0.4, 0.5) is 5.69 Å². The van der Waals surface area contributed by atoms with Crippen LogP contribution in [0.15, 0.2) is 23.1 Å². The quantitative estimate of drug-likeness (QED) is 0.600. The summed E-state index contributed by atoms with van der Waals surface area (Å²) in [6.45, 7) is 0.479. The Morgan fingerprint density at radius 1 is 1.35 bits per heavy atom. The van der Waals surface area contributed by atoms with Crippen molar-refractivity contribution in [3.05, 3.63) is 23.8 Å².